The van der Waals surface area contributed by atoms with Gasteiger partial charge in [-0.25, -0.2) is 0 Å². The summed E-state index contributed by atoms with van der Waals surface area (Å²) in [7, 11) is -2.70. The fraction of sp³-hybridized carbons (Fsp3) is 0.192. The largest absolute Gasteiger partial charge is 0.324 e. The van der Waals surface area contributed by atoms with Crippen molar-refractivity contribution in [3.8, 4) is 0 Å². The minimum absolute atomic E-state index is 0.0878. The third kappa shape index (κ3) is 6.62. The van der Waals surface area contributed by atoms with Crippen LogP contribution in [0.25, 0.3) is 0 Å². The lowest BCUT2D eigenvalue weighted by atomic mass is 10.1. The van der Waals surface area contributed by atoms with Crippen molar-refractivity contribution in [3.05, 3.63) is 95.8 Å². The molecule has 0 saturated carbocycles. The molecular weight excluding hydrogens is 462 g/mol. The molecule has 0 atom stereocenters. The SMILES string of the molecule is COS(=O)(=O)c1cc(Nc2nc(CCCc3ccccc3)nc(Nc3ccccc3)n2)ccc1C. The van der Waals surface area contributed by atoms with Crippen molar-refractivity contribution < 1.29 is 12.6 Å². The first-order valence-electron chi connectivity index (χ1n) is 11.2. The first-order valence-corrected chi connectivity index (χ1v) is 12.6. The number of anilines is 4. The van der Waals surface area contributed by atoms with E-state index in [0.717, 1.165) is 25.6 Å². The number of hydrogen-bond donors (Lipinski definition) is 2. The molecule has 35 heavy (non-hydrogen) atoms. The Balaban J connectivity index is 1.59. The normalized spacial score (nSPS) is 11.3. The molecule has 0 amide bonds. The van der Waals surface area contributed by atoms with Gasteiger partial charge in [-0.3, -0.25) is 4.18 Å². The Labute approximate surface area is 205 Å². The van der Waals surface area contributed by atoms with Crippen LogP contribution in [0.4, 0.5) is 23.3 Å². The van der Waals surface area contributed by atoms with E-state index in [9.17, 15) is 8.42 Å². The standard InChI is InChI=1S/C26H27N5O3S/c1-19-16-17-22(18-23(19)35(32,33)34-2)28-26-30-24(15-9-12-20-10-5-3-6-11-20)29-25(31-26)27-21-13-7-4-8-14-21/h3-8,10-11,13-14,16-18H,9,12,15H2,1-2H3,(H2,27,28,29,30,31). The van der Waals surface area contributed by atoms with Crippen LogP contribution < -0.4 is 10.6 Å². The van der Waals surface area contributed by atoms with Crippen LogP contribution in [-0.4, -0.2) is 30.5 Å². The second kappa shape index (κ2) is 11.1. The monoisotopic (exact) mass is 489 g/mol. The highest BCUT2D eigenvalue weighted by Gasteiger charge is 2.17. The lowest BCUT2D eigenvalue weighted by molar-refractivity contribution is 0.397. The van der Waals surface area contributed by atoms with Crippen LogP contribution in [0.3, 0.4) is 0 Å². The van der Waals surface area contributed by atoms with E-state index in [0.29, 0.717) is 35.4 Å². The summed E-state index contributed by atoms with van der Waals surface area (Å²) in [4.78, 5) is 13.8. The molecule has 0 aliphatic heterocycles. The number of aryl methyl sites for hydroxylation is 3. The van der Waals surface area contributed by atoms with Crippen molar-refractivity contribution in [3.63, 3.8) is 0 Å². The van der Waals surface area contributed by atoms with Gasteiger partial charge in [0.25, 0.3) is 10.1 Å². The van der Waals surface area contributed by atoms with Gasteiger partial charge in [-0.2, -0.15) is 23.4 Å². The number of para-hydroxylation sites is 1. The maximum atomic E-state index is 12.3. The molecule has 9 heteroatoms. The van der Waals surface area contributed by atoms with Crippen LogP contribution >= 0.6 is 0 Å². The Bertz CT molecular complexity index is 1380. The Hall–Kier alpha value is -3.82. The van der Waals surface area contributed by atoms with Crippen molar-refractivity contribution in [1.29, 1.82) is 0 Å². The molecule has 1 heterocycles. The van der Waals surface area contributed by atoms with Crippen LogP contribution in [0, 0.1) is 6.92 Å². The maximum Gasteiger partial charge on any atom is 0.297 e. The molecule has 8 nitrogen and oxygen atoms in total. The molecule has 3 aromatic carbocycles. The molecule has 0 spiro atoms. The Morgan fingerprint density at radius 2 is 1.40 bits per heavy atom. The molecule has 4 aromatic rings. The average Bonchev–Trinajstić information content (AvgIpc) is 2.86. The predicted molar refractivity (Wildman–Crippen MR) is 137 cm³/mol. The minimum Gasteiger partial charge on any atom is -0.324 e. The van der Waals surface area contributed by atoms with Gasteiger partial charge >= 0.3 is 0 Å². The van der Waals surface area contributed by atoms with E-state index in [1.807, 2.05) is 48.5 Å². The van der Waals surface area contributed by atoms with Crippen molar-refractivity contribution in [2.75, 3.05) is 17.7 Å². The van der Waals surface area contributed by atoms with Gasteiger partial charge in [0.05, 0.1) is 12.0 Å². The molecule has 0 aliphatic carbocycles. The lowest BCUT2D eigenvalue weighted by Crippen LogP contribution is -2.09. The van der Waals surface area contributed by atoms with E-state index in [-0.39, 0.29) is 4.90 Å². The molecule has 1 aromatic heterocycles. The van der Waals surface area contributed by atoms with Crippen LogP contribution in [-0.2, 0) is 27.1 Å². The maximum absolute atomic E-state index is 12.3. The van der Waals surface area contributed by atoms with Crippen LogP contribution in [0.15, 0.2) is 83.8 Å². The van der Waals surface area contributed by atoms with E-state index in [1.165, 1.54) is 11.6 Å². The minimum atomic E-state index is -3.84. The van der Waals surface area contributed by atoms with Gasteiger partial charge in [-0.15, -0.1) is 0 Å². The Morgan fingerprint density at radius 3 is 2.06 bits per heavy atom. The lowest BCUT2D eigenvalue weighted by Gasteiger charge is -2.12. The number of aromatic nitrogens is 3. The topological polar surface area (TPSA) is 106 Å². The highest BCUT2D eigenvalue weighted by molar-refractivity contribution is 7.86. The van der Waals surface area contributed by atoms with Crippen LogP contribution in [0.1, 0.15) is 23.4 Å². The number of benzene rings is 3. The molecule has 0 unspecified atom stereocenters. The second-order valence-corrected chi connectivity index (χ2v) is 9.64. The molecule has 180 valence electrons. The van der Waals surface area contributed by atoms with Gasteiger partial charge in [0.2, 0.25) is 11.9 Å². The van der Waals surface area contributed by atoms with Gasteiger partial charge in [-0.05, 0) is 55.2 Å². The van der Waals surface area contributed by atoms with E-state index in [2.05, 4.69) is 41.9 Å². The smallest absolute Gasteiger partial charge is 0.297 e. The Morgan fingerprint density at radius 1 is 0.771 bits per heavy atom. The molecule has 0 radical (unpaired) electrons. The summed E-state index contributed by atoms with van der Waals surface area (Å²) in [6.07, 6.45) is 2.44. The van der Waals surface area contributed by atoms with Gasteiger partial charge in [-0.1, -0.05) is 54.6 Å². The molecule has 0 saturated heterocycles. The summed E-state index contributed by atoms with van der Waals surface area (Å²) in [5.41, 5.74) is 3.22. The summed E-state index contributed by atoms with van der Waals surface area (Å²) >= 11 is 0. The molecule has 4 rings (SSSR count). The second-order valence-electron chi connectivity index (χ2n) is 7.96. The summed E-state index contributed by atoms with van der Waals surface area (Å²) in [6, 6.07) is 24.9. The molecule has 2 N–H and O–H groups in total. The van der Waals surface area contributed by atoms with E-state index in [1.54, 1.807) is 19.1 Å². The van der Waals surface area contributed by atoms with Crippen LogP contribution in [0.2, 0.25) is 0 Å². The zero-order chi connectivity index (χ0) is 24.7. The third-order valence-electron chi connectivity index (χ3n) is 5.35. The van der Waals surface area contributed by atoms with Crippen molar-refractivity contribution in [2.24, 2.45) is 0 Å². The first-order chi connectivity index (χ1) is 16.9. The Kier molecular flexibility index (Phi) is 7.69. The number of hydrogen-bond acceptors (Lipinski definition) is 8. The van der Waals surface area contributed by atoms with E-state index in [4.69, 9.17) is 0 Å². The summed E-state index contributed by atoms with van der Waals surface area (Å²) in [5.74, 6) is 1.35. The quantitative estimate of drug-likeness (QED) is 0.294. The zero-order valence-corrected chi connectivity index (χ0v) is 20.4. The van der Waals surface area contributed by atoms with Gasteiger partial charge in [0, 0.05) is 17.8 Å². The summed E-state index contributed by atoms with van der Waals surface area (Å²) in [6.45, 7) is 1.71. The van der Waals surface area contributed by atoms with Gasteiger partial charge < -0.3 is 10.6 Å². The fourth-order valence-electron chi connectivity index (χ4n) is 3.56. The molecule has 0 fully saturated rings. The van der Waals surface area contributed by atoms with Crippen molar-refractivity contribution >= 4 is 33.4 Å². The van der Waals surface area contributed by atoms with E-state index >= 15 is 0 Å². The molecular formula is C26H27N5O3S. The first kappa shape index (κ1) is 24.3. The fourth-order valence-corrected chi connectivity index (χ4v) is 4.47. The van der Waals surface area contributed by atoms with Gasteiger partial charge in [0.1, 0.15) is 5.82 Å². The van der Waals surface area contributed by atoms with Crippen molar-refractivity contribution in [1.82, 2.24) is 15.0 Å². The average molecular weight is 490 g/mol. The molecule has 0 bridgehead atoms. The highest BCUT2D eigenvalue weighted by Crippen LogP contribution is 2.24. The highest BCUT2D eigenvalue weighted by atomic mass is 32.2. The third-order valence-corrected chi connectivity index (χ3v) is 6.77. The van der Waals surface area contributed by atoms with Crippen molar-refractivity contribution in [2.45, 2.75) is 31.1 Å². The van der Waals surface area contributed by atoms with Gasteiger partial charge in [0.15, 0.2) is 0 Å². The number of nitrogens with one attached hydrogen (secondary N) is 2. The molecule has 0 aliphatic rings. The number of rotatable bonds is 10. The van der Waals surface area contributed by atoms with Crippen LogP contribution in [0.5, 0.6) is 0 Å². The number of nitrogens with zero attached hydrogens (tertiary/aromatic N) is 3. The predicted octanol–water partition coefficient (Wildman–Crippen LogP) is 5.18. The van der Waals surface area contributed by atoms with E-state index < -0.39 is 10.1 Å². The summed E-state index contributed by atoms with van der Waals surface area (Å²) in [5, 5.41) is 6.33. The zero-order valence-electron chi connectivity index (χ0n) is 19.6. The summed E-state index contributed by atoms with van der Waals surface area (Å²) < 4.78 is 29.2.